The molecule has 1 aromatic carbocycles. The van der Waals surface area contributed by atoms with Crippen LogP contribution in [0, 0.1) is 0 Å². The SMILES string of the molecule is N/C(=N/O)c1cccc2c1ccn2Cc1ccc(Cl)s1. The molecule has 0 aliphatic carbocycles. The molecule has 2 aromatic heterocycles. The smallest absolute Gasteiger partial charge is 0.170 e. The highest BCUT2D eigenvalue weighted by molar-refractivity contribution is 7.16. The minimum absolute atomic E-state index is 0.118. The van der Waals surface area contributed by atoms with Gasteiger partial charge in [0.2, 0.25) is 0 Å². The fourth-order valence-corrected chi connectivity index (χ4v) is 3.33. The van der Waals surface area contributed by atoms with Crippen LogP contribution in [0.1, 0.15) is 10.4 Å². The summed E-state index contributed by atoms with van der Waals surface area (Å²) in [7, 11) is 0. The van der Waals surface area contributed by atoms with Crippen molar-refractivity contribution in [1.29, 1.82) is 0 Å². The second-order valence-corrected chi connectivity index (χ2v) is 6.17. The largest absolute Gasteiger partial charge is 0.409 e. The number of hydrogen-bond acceptors (Lipinski definition) is 3. The van der Waals surface area contributed by atoms with E-state index in [2.05, 4.69) is 9.72 Å². The molecule has 20 heavy (non-hydrogen) atoms. The summed E-state index contributed by atoms with van der Waals surface area (Å²) in [6.07, 6.45) is 1.99. The molecule has 0 saturated heterocycles. The Morgan fingerprint density at radius 3 is 2.85 bits per heavy atom. The maximum Gasteiger partial charge on any atom is 0.170 e. The lowest BCUT2D eigenvalue weighted by Gasteiger charge is -2.05. The molecule has 2 heterocycles. The van der Waals surface area contributed by atoms with Crippen LogP contribution in [0.3, 0.4) is 0 Å². The van der Waals surface area contributed by atoms with Gasteiger partial charge in [0.15, 0.2) is 5.84 Å². The topological polar surface area (TPSA) is 63.5 Å². The number of aromatic nitrogens is 1. The Bertz CT molecular complexity index is 791. The predicted octanol–water partition coefficient (Wildman–Crippen LogP) is 3.50. The van der Waals surface area contributed by atoms with Crippen LogP contribution in [0.25, 0.3) is 10.9 Å². The van der Waals surface area contributed by atoms with E-state index in [1.807, 2.05) is 42.6 Å². The number of nitrogens with two attached hydrogens (primary N) is 1. The summed E-state index contributed by atoms with van der Waals surface area (Å²) < 4.78 is 2.90. The number of halogens is 1. The highest BCUT2D eigenvalue weighted by Crippen LogP contribution is 2.25. The molecule has 0 aliphatic rings. The molecule has 0 saturated carbocycles. The summed E-state index contributed by atoms with van der Waals surface area (Å²) in [6.45, 7) is 0.751. The number of oxime groups is 1. The van der Waals surface area contributed by atoms with Crippen molar-refractivity contribution in [1.82, 2.24) is 4.57 Å². The van der Waals surface area contributed by atoms with E-state index in [1.165, 1.54) is 4.88 Å². The third-order valence-electron chi connectivity index (χ3n) is 3.15. The molecule has 102 valence electrons. The van der Waals surface area contributed by atoms with Gasteiger partial charge in [-0.1, -0.05) is 28.9 Å². The summed E-state index contributed by atoms with van der Waals surface area (Å²) in [5.41, 5.74) is 7.47. The van der Waals surface area contributed by atoms with E-state index in [0.29, 0.717) is 0 Å². The van der Waals surface area contributed by atoms with Gasteiger partial charge in [-0.15, -0.1) is 11.3 Å². The first-order valence-corrected chi connectivity index (χ1v) is 7.18. The molecule has 6 heteroatoms. The summed E-state index contributed by atoms with van der Waals surface area (Å²) in [4.78, 5) is 1.18. The van der Waals surface area contributed by atoms with Gasteiger partial charge in [-0.05, 0) is 24.3 Å². The molecule has 0 atom stereocenters. The Morgan fingerprint density at radius 2 is 2.15 bits per heavy atom. The second-order valence-electron chi connectivity index (χ2n) is 4.37. The maximum absolute atomic E-state index is 8.84. The van der Waals surface area contributed by atoms with E-state index < -0.39 is 0 Å². The fourth-order valence-electron chi connectivity index (χ4n) is 2.24. The zero-order chi connectivity index (χ0) is 14.1. The molecule has 3 N–H and O–H groups in total. The number of thiophene rings is 1. The van der Waals surface area contributed by atoms with Crippen molar-refractivity contribution in [3.63, 3.8) is 0 Å². The van der Waals surface area contributed by atoms with E-state index in [1.54, 1.807) is 11.3 Å². The van der Waals surface area contributed by atoms with Crippen molar-refractivity contribution in [2.24, 2.45) is 10.9 Å². The minimum Gasteiger partial charge on any atom is -0.409 e. The molecule has 0 fully saturated rings. The molecule has 0 amide bonds. The highest BCUT2D eigenvalue weighted by atomic mass is 35.5. The molecule has 4 nitrogen and oxygen atoms in total. The van der Waals surface area contributed by atoms with Gasteiger partial charge >= 0.3 is 0 Å². The third-order valence-corrected chi connectivity index (χ3v) is 4.37. The number of rotatable bonds is 3. The lowest BCUT2D eigenvalue weighted by atomic mass is 10.1. The lowest BCUT2D eigenvalue weighted by molar-refractivity contribution is 0.318. The molecular formula is C14H12ClN3OS. The normalized spacial score (nSPS) is 12.2. The summed E-state index contributed by atoms with van der Waals surface area (Å²) >= 11 is 7.52. The Kier molecular flexibility index (Phi) is 3.38. The molecule has 0 unspecified atom stereocenters. The van der Waals surface area contributed by atoms with Crippen LogP contribution < -0.4 is 5.73 Å². The van der Waals surface area contributed by atoms with Crippen molar-refractivity contribution in [3.05, 3.63) is 57.4 Å². The van der Waals surface area contributed by atoms with Crippen LogP contribution in [-0.4, -0.2) is 15.6 Å². The fraction of sp³-hybridized carbons (Fsp3) is 0.0714. The van der Waals surface area contributed by atoms with Gasteiger partial charge in [-0.2, -0.15) is 0 Å². The summed E-state index contributed by atoms with van der Waals surface area (Å²) in [5.74, 6) is 0.118. The van der Waals surface area contributed by atoms with Gasteiger partial charge in [0.05, 0.1) is 10.9 Å². The molecule has 0 aliphatic heterocycles. The third kappa shape index (κ3) is 2.26. The van der Waals surface area contributed by atoms with Crippen molar-refractivity contribution in [2.75, 3.05) is 0 Å². The monoisotopic (exact) mass is 305 g/mol. The molecule has 3 rings (SSSR count). The zero-order valence-corrected chi connectivity index (χ0v) is 12.0. The first-order chi connectivity index (χ1) is 9.69. The number of amidine groups is 1. The van der Waals surface area contributed by atoms with E-state index >= 15 is 0 Å². The zero-order valence-electron chi connectivity index (χ0n) is 10.5. The van der Waals surface area contributed by atoms with Gasteiger partial charge in [0.25, 0.3) is 0 Å². The number of benzene rings is 1. The predicted molar refractivity (Wildman–Crippen MR) is 82.9 cm³/mol. The van der Waals surface area contributed by atoms with Crippen molar-refractivity contribution in [3.8, 4) is 0 Å². The van der Waals surface area contributed by atoms with Crippen molar-refractivity contribution >= 4 is 39.7 Å². The quantitative estimate of drug-likeness (QED) is 0.337. The van der Waals surface area contributed by atoms with E-state index in [-0.39, 0.29) is 5.84 Å². The van der Waals surface area contributed by atoms with E-state index in [4.69, 9.17) is 22.5 Å². The second kappa shape index (κ2) is 5.19. The van der Waals surface area contributed by atoms with Gasteiger partial charge < -0.3 is 15.5 Å². The lowest BCUT2D eigenvalue weighted by Crippen LogP contribution is -2.13. The molecule has 3 aromatic rings. The van der Waals surface area contributed by atoms with E-state index in [0.717, 1.165) is 27.3 Å². The number of nitrogens with zero attached hydrogens (tertiary/aromatic N) is 2. The molecule has 0 spiro atoms. The average Bonchev–Trinajstić information content (AvgIpc) is 3.05. The van der Waals surface area contributed by atoms with Gasteiger partial charge in [0, 0.05) is 27.5 Å². The first-order valence-electron chi connectivity index (χ1n) is 5.99. The standard InChI is InChI=1S/C14H12ClN3OS/c15-13-5-4-9(20-13)8-18-7-6-10-11(14(16)17-19)2-1-3-12(10)18/h1-7,19H,8H2,(H2,16,17). The van der Waals surface area contributed by atoms with Crippen LogP contribution in [0.4, 0.5) is 0 Å². The van der Waals surface area contributed by atoms with Crippen molar-refractivity contribution < 1.29 is 5.21 Å². The average molecular weight is 306 g/mol. The Morgan fingerprint density at radius 1 is 1.30 bits per heavy atom. The van der Waals surface area contributed by atoms with Crippen LogP contribution in [0.2, 0.25) is 4.34 Å². The van der Waals surface area contributed by atoms with Crippen LogP contribution in [-0.2, 0) is 6.54 Å². The van der Waals surface area contributed by atoms with Crippen molar-refractivity contribution in [2.45, 2.75) is 6.54 Å². The van der Waals surface area contributed by atoms with E-state index in [9.17, 15) is 0 Å². The Balaban J connectivity index is 2.06. The van der Waals surface area contributed by atoms with Gasteiger partial charge in [-0.25, -0.2) is 0 Å². The molecule has 0 radical (unpaired) electrons. The first kappa shape index (κ1) is 13.0. The maximum atomic E-state index is 8.84. The van der Waals surface area contributed by atoms with Gasteiger partial charge in [-0.3, -0.25) is 0 Å². The summed E-state index contributed by atoms with van der Waals surface area (Å²) in [6, 6.07) is 11.6. The summed E-state index contributed by atoms with van der Waals surface area (Å²) in [5, 5.41) is 12.9. The number of fused-ring (bicyclic) bond motifs is 1. The molecular weight excluding hydrogens is 294 g/mol. The Hall–Kier alpha value is -1.98. The number of hydrogen-bond donors (Lipinski definition) is 2. The van der Waals surface area contributed by atoms with Crippen LogP contribution in [0.5, 0.6) is 0 Å². The van der Waals surface area contributed by atoms with Crippen LogP contribution in [0.15, 0.2) is 47.8 Å². The minimum atomic E-state index is 0.118. The van der Waals surface area contributed by atoms with Gasteiger partial charge in [0.1, 0.15) is 0 Å². The molecule has 0 bridgehead atoms. The highest BCUT2D eigenvalue weighted by Gasteiger charge is 2.09. The van der Waals surface area contributed by atoms with Crippen LogP contribution >= 0.6 is 22.9 Å². The Labute approximate surface area is 124 Å².